The number of nitrogens with zero attached hydrogens (tertiary/aromatic N) is 3. The number of fused-ring (bicyclic) bond motifs is 3. The Hall–Kier alpha value is -3.80. The van der Waals surface area contributed by atoms with Gasteiger partial charge in [-0.2, -0.15) is 0 Å². The Balaban J connectivity index is 1.52. The molecule has 0 bridgehead atoms. The van der Waals surface area contributed by atoms with Crippen LogP contribution in [0.1, 0.15) is 48.8 Å². The molecule has 0 radical (unpaired) electrons. The number of esters is 1. The predicted octanol–water partition coefficient (Wildman–Crippen LogP) is 4.43. The van der Waals surface area contributed by atoms with E-state index in [-0.39, 0.29) is 30.3 Å². The van der Waals surface area contributed by atoms with Gasteiger partial charge in [-0.1, -0.05) is 11.6 Å². The lowest BCUT2D eigenvalue weighted by Gasteiger charge is -2.27. The van der Waals surface area contributed by atoms with Crippen molar-refractivity contribution in [3.63, 3.8) is 0 Å². The number of rotatable bonds is 9. The zero-order valence-electron chi connectivity index (χ0n) is 21.7. The first kappa shape index (κ1) is 26.8. The van der Waals surface area contributed by atoms with E-state index in [9.17, 15) is 4.79 Å². The first-order chi connectivity index (χ1) is 18.9. The molecule has 5 rings (SSSR count). The highest BCUT2D eigenvalue weighted by Crippen LogP contribution is 2.47. The van der Waals surface area contributed by atoms with Crippen LogP contribution in [-0.4, -0.2) is 48.8 Å². The third kappa shape index (κ3) is 5.25. The van der Waals surface area contributed by atoms with Crippen LogP contribution in [0.3, 0.4) is 0 Å². The number of halogens is 2. The number of hydrogen-bond acceptors (Lipinski definition) is 9. The van der Waals surface area contributed by atoms with Crippen LogP contribution in [0.25, 0.3) is 5.69 Å². The van der Waals surface area contributed by atoms with Crippen molar-refractivity contribution < 1.29 is 28.1 Å². The fourth-order valence-corrected chi connectivity index (χ4v) is 5.11. The number of ether oxygens (including phenoxy) is 4. The van der Waals surface area contributed by atoms with E-state index in [2.05, 4.69) is 16.2 Å². The SMILES string of the molecule is CCOC(=O)CC1=NNNN1CC[C@H]1O[C@H](c2c(F)ccc(OC)c2OC)c2cc(Cl)ccc2-n2cccc21. The maximum atomic E-state index is 15.6. The molecule has 3 heterocycles. The highest BCUT2D eigenvalue weighted by molar-refractivity contribution is 6.30. The van der Waals surface area contributed by atoms with Gasteiger partial charge in [-0.15, -0.1) is 10.6 Å². The number of hydrogen-bond donors (Lipinski definition) is 2. The van der Waals surface area contributed by atoms with Gasteiger partial charge in [0.05, 0.1) is 37.8 Å². The number of methoxy groups -OCH3 is 2. The van der Waals surface area contributed by atoms with E-state index in [1.54, 1.807) is 24.1 Å². The zero-order chi connectivity index (χ0) is 27.5. The Morgan fingerprint density at radius 3 is 2.82 bits per heavy atom. The summed E-state index contributed by atoms with van der Waals surface area (Å²) >= 11 is 6.43. The molecule has 1 aromatic heterocycles. The van der Waals surface area contributed by atoms with Crippen LogP contribution < -0.4 is 20.5 Å². The molecular weight excluding hydrogens is 529 g/mol. The Morgan fingerprint density at radius 1 is 1.21 bits per heavy atom. The van der Waals surface area contributed by atoms with E-state index in [1.165, 1.54) is 26.4 Å². The lowest BCUT2D eigenvalue weighted by atomic mass is 9.97. The number of carbonyl (C=O) groups is 1. The number of hydrazone groups is 1. The van der Waals surface area contributed by atoms with Crippen molar-refractivity contribution in [1.82, 2.24) is 20.6 Å². The quantitative estimate of drug-likeness (QED) is 0.373. The van der Waals surface area contributed by atoms with Gasteiger partial charge >= 0.3 is 5.97 Å². The van der Waals surface area contributed by atoms with Gasteiger partial charge in [-0.05, 0) is 55.8 Å². The minimum absolute atomic E-state index is 0.00846. The molecule has 0 saturated carbocycles. The molecule has 10 nitrogen and oxygen atoms in total. The highest BCUT2D eigenvalue weighted by atomic mass is 35.5. The smallest absolute Gasteiger partial charge is 0.313 e. The monoisotopic (exact) mass is 557 g/mol. The average Bonchev–Trinajstić information content (AvgIpc) is 3.56. The van der Waals surface area contributed by atoms with Gasteiger partial charge in [-0.25, -0.2) is 9.93 Å². The minimum Gasteiger partial charge on any atom is -0.493 e. The van der Waals surface area contributed by atoms with Gasteiger partial charge in [0.25, 0.3) is 0 Å². The summed E-state index contributed by atoms with van der Waals surface area (Å²) in [6.07, 6.45) is 1.05. The first-order valence-electron chi connectivity index (χ1n) is 12.5. The molecule has 39 heavy (non-hydrogen) atoms. The van der Waals surface area contributed by atoms with Crippen molar-refractivity contribution in [3.05, 3.63) is 76.3 Å². The molecule has 12 heteroatoms. The molecular formula is C27H29ClFN5O5. The summed E-state index contributed by atoms with van der Waals surface area (Å²) in [7, 11) is 2.97. The summed E-state index contributed by atoms with van der Waals surface area (Å²) in [6, 6.07) is 12.2. The number of carbonyl (C=O) groups excluding carboxylic acids is 1. The van der Waals surface area contributed by atoms with Crippen molar-refractivity contribution in [2.45, 2.75) is 32.0 Å². The van der Waals surface area contributed by atoms with Gasteiger partial charge in [0.1, 0.15) is 24.4 Å². The number of hydrazine groups is 2. The summed E-state index contributed by atoms with van der Waals surface area (Å²) in [5.74, 6) is 0.244. The van der Waals surface area contributed by atoms with Gasteiger partial charge < -0.3 is 23.5 Å². The summed E-state index contributed by atoms with van der Waals surface area (Å²) in [5, 5.41) is 6.37. The van der Waals surface area contributed by atoms with Crippen molar-refractivity contribution >= 4 is 23.4 Å². The Morgan fingerprint density at radius 2 is 2.05 bits per heavy atom. The van der Waals surface area contributed by atoms with Crippen LogP contribution >= 0.6 is 11.6 Å². The largest absolute Gasteiger partial charge is 0.493 e. The normalized spacial score (nSPS) is 18.0. The molecule has 0 saturated heterocycles. The van der Waals surface area contributed by atoms with Gasteiger partial charge in [-0.3, -0.25) is 9.80 Å². The van der Waals surface area contributed by atoms with Crippen LogP contribution in [0.2, 0.25) is 5.02 Å². The molecule has 0 unspecified atom stereocenters. The molecule has 0 amide bonds. The van der Waals surface area contributed by atoms with E-state index in [0.29, 0.717) is 35.1 Å². The molecule has 3 aromatic rings. The van der Waals surface area contributed by atoms with E-state index < -0.39 is 18.0 Å². The molecule has 2 aliphatic rings. The van der Waals surface area contributed by atoms with Crippen LogP contribution in [0.5, 0.6) is 11.5 Å². The zero-order valence-corrected chi connectivity index (χ0v) is 22.5. The number of amidine groups is 1. The summed E-state index contributed by atoms with van der Waals surface area (Å²) < 4.78 is 40.5. The standard InChI is InChI=1S/C27H29ClFN5O5/c1-4-38-24(35)15-23-30-31-32-34(23)13-11-21-20-6-5-12-33(20)19-9-7-16(28)14-17(19)26(39-21)25-18(29)8-10-22(36-2)27(25)37-3/h5-10,12,14,21,26,31-32H,4,11,13,15H2,1-3H3/t21-,26+/m1/s1. The second-order valence-electron chi connectivity index (χ2n) is 8.88. The third-order valence-corrected chi connectivity index (χ3v) is 6.87. The lowest BCUT2D eigenvalue weighted by Crippen LogP contribution is -2.42. The van der Waals surface area contributed by atoms with Gasteiger partial charge in [0, 0.05) is 23.3 Å². The molecule has 2 N–H and O–H groups in total. The molecule has 2 aromatic carbocycles. The molecule has 0 fully saturated rings. The second-order valence-corrected chi connectivity index (χ2v) is 9.32. The molecule has 2 aliphatic heterocycles. The van der Waals surface area contributed by atoms with Crippen molar-refractivity contribution in [1.29, 1.82) is 0 Å². The van der Waals surface area contributed by atoms with Gasteiger partial charge in [0.2, 0.25) is 0 Å². The first-order valence-corrected chi connectivity index (χ1v) is 12.9. The van der Waals surface area contributed by atoms with Gasteiger partial charge in [0.15, 0.2) is 17.3 Å². The fraction of sp³-hybridized carbons (Fsp3) is 0.333. The van der Waals surface area contributed by atoms with Crippen LogP contribution in [0.15, 0.2) is 53.8 Å². The van der Waals surface area contributed by atoms with Crippen molar-refractivity contribution in [3.8, 4) is 17.2 Å². The predicted molar refractivity (Wildman–Crippen MR) is 142 cm³/mol. The van der Waals surface area contributed by atoms with Crippen molar-refractivity contribution in [2.75, 3.05) is 27.4 Å². The number of nitrogens with one attached hydrogen (secondary N) is 2. The van der Waals surface area contributed by atoms with E-state index >= 15 is 4.39 Å². The maximum absolute atomic E-state index is 15.6. The minimum atomic E-state index is -0.869. The van der Waals surface area contributed by atoms with Crippen molar-refractivity contribution in [2.24, 2.45) is 5.10 Å². The Kier molecular flexibility index (Phi) is 7.92. The second kappa shape index (κ2) is 11.5. The number of benzene rings is 2. The fourth-order valence-electron chi connectivity index (χ4n) is 4.93. The topological polar surface area (TPSA) is 98.6 Å². The van der Waals surface area contributed by atoms with Crippen LogP contribution in [-0.2, 0) is 14.3 Å². The summed E-state index contributed by atoms with van der Waals surface area (Å²) in [4.78, 5) is 12.0. The number of aromatic nitrogens is 1. The highest BCUT2D eigenvalue weighted by Gasteiger charge is 2.35. The van der Waals surface area contributed by atoms with E-state index in [0.717, 1.165) is 11.4 Å². The Labute approximate surface area is 230 Å². The third-order valence-electron chi connectivity index (χ3n) is 6.64. The molecule has 206 valence electrons. The Bertz CT molecular complexity index is 1400. The maximum Gasteiger partial charge on any atom is 0.313 e. The van der Waals surface area contributed by atoms with Crippen LogP contribution in [0.4, 0.5) is 4.39 Å². The molecule has 0 spiro atoms. The lowest BCUT2D eigenvalue weighted by molar-refractivity contribution is -0.141. The van der Waals surface area contributed by atoms with E-state index in [4.69, 9.17) is 30.5 Å². The molecule has 0 aliphatic carbocycles. The summed E-state index contributed by atoms with van der Waals surface area (Å²) in [5.41, 5.74) is 8.19. The molecule has 2 atom stereocenters. The summed E-state index contributed by atoms with van der Waals surface area (Å²) in [6.45, 7) is 2.46. The average molecular weight is 558 g/mol. The van der Waals surface area contributed by atoms with E-state index in [1.807, 2.05) is 29.0 Å². The van der Waals surface area contributed by atoms with Crippen LogP contribution in [0, 0.1) is 5.82 Å².